The van der Waals surface area contributed by atoms with Crippen molar-refractivity contribution in [2.45, 2.75) is 19.4 Å². The van der Waals surface area contributed by atoms with Crippen molar-refractivity contribution in [1.29, 1.82) is 0 Å². The topological polar surface area (TPSA) is 37.0 Å². The first-order chi connectivity index (χ1) is 8.93. The first-order valence-corrected chi connectivity index (χ1v) is 6.77. The Bertz CT molecular complexity index is 500. The van der Waals surface area contributed by atoms with E-state index in [9.17, 15) is 0 Å². The Kier molecular flexibility index (Phi) is 3.62. The first kappa shape index (κ1) is 11.8. The number of H-pyrrole nitrogens is 1. The smallest absolute Gasteiger partial charge is 0.0499 e. The van der Waals surface area contributed by atoms with Crippen LogP contribution in [-0.2, 0) is 11.3 Å². The lowest BCUT2D eigenvalue weighted by Gasteiger charge is -2.22. The van der Waals surface area contributed by atoms with Gasteiger partial charge in [0.2, 0.25) is 0 Å². The summed E-state index contributed by atoms with van der Waals surface area (Å²) in [5, 5.41) is 4.87. The van der Waals surface area contributed by atoms with Crippen LogP contribution >= 0.6 is 0 Å². The van der Waals surface area contributed by atoms with Gasteiger partial charge in [0.15, 0.2) is 0 Å². The number of rotatable bonds is 4. The van der Waals surface area contributed by atoms with Gasteiger partial charge in [-0.3, -0.25) is 0 Å². The highest BCUT2D eigenvalue weighted by Gasteiger charge is 2.13. The minimum atomic E-state index is 0.779. The number of ether oxygens (including phenoxy) is 1. The molecule has 1 aromatic carbocycles. The summed E-state index contributed by atoms with van der Waals surface area (Å²) in [6, 6.07) is 8.59. The average molecular weight is 244 g/mol. The summed E-state index contributed by atoms with van der Waals surface area (Å²) < 4.78 is 5.38. The molecule has 0 aliphatic carbocycles. The van der Waals surface area contributed by atoms with Crippen molar-refractivity contribution in [3.63, 3.8) is 0 Å². The van der Waals surface area contributed by atoms with Crippen LogP contribution in [0.1, 0.15) is 18.4 Å². The second-order valence-electron chi connectivity index (χ2n) is 5.05. The number of benzene rings is 1. The van der Waals surface area contributed by atoms with Crippen molar-refractivity contribution in [3.8, 4) is 0 Å². The van der Waals surface area contributed by atoms with Crippen molar-refractivity contribution in [3.05, 3.63) is 36.0 Å². The highest BCUT2D eigenvalue weighted by molar-refractivity contribution is 5.82. The van der Waals surface area contributed by atoms with Crippen molar-refractivity contribution >= 4 is 10.9 Å². The number of aromatic nitrogens is 1. The Labute approximate surface area is 108 Å². The van der Waals surface area contributed by atoms with Gasteiger partial charge < -0.3 is 15.0 Å². The zero-order valence-electron chi connectivity index (χ0n) is 10.6. The lowest BCUT2D eigenvalue weighted by molar-refractivity contribution is 0.0662. The first-order valence-electron chi connectivity index (χ1n) is 6.77. The molecule has 1 aliphatic heterocycles. The lowest BCUT2D eigenvalue weighted by Crippen LogP contribution is -2.27. The third-order valence-electron chi connectivity index (χ3n) is 3.76. The van der Waals surface area contributed by atoms with Crippen LogP contribution in [0.15, 0.2) is 30.5 Å². The maximum absolute atomic E-state index is 5.38. The number of para-hydroxylation sites is 1. The monoisotopic (exact) mass is 244 g/mol. The molecule has 2 N–H and O–H groups in total. The zero-order valence-corrected chi connectivity index (χ0v) is 10.6. The van der Waals surface area contributed by atoms with E-state index in [0.717, 1.165) is 32.2 Å². The summed E-state index contributed by atoms with van der Waals surface area (Å²) >= 11 is 0. The van der Waals surface area contributed by atoms with E-state index in [2.05, 4.69) is 34.6 Å². The van der Waals surface area contributed by atoms with Crippen LogP contribution in [0.4, 0.5) is 0 Å². The van der Waals surface area contributed by atoms with E-state index in [1.54, 1.807) is 0 Å². The number of hydrogen-bond donors (Lipinski definition) is 2. The molecule has 1 aliphatic rings. The molecule has 0 radical (unpaired) electrons. The normalized spacial score (nSPS) is 17.3. The molecule has 1 fully saturated rings. The number of nitrogens with one attached hydrogen (secondary N) is 2. The molecule has 3 rings (SSSR count). The SMILES string of the molecule is c1cc(CNCC2CCOCC2)c2[nH]ccc2c1. The van der Waals surface area contributed by atoms with Crippen molar-refractivity contribution in [2.75, 3.05) is 19.8 Å². The zero-order chi connectivity index (χ0) is 12.2. The van der Waals surface area contributed by atoms with Crippen LogP contribution in [0, 0.1) is 5.92 Å². The Morgan fingerprint density at radius 1 is 1.22 bits per heavy atom. The Balaban J connectivity index is 1.57. The highest BCUT2D eigenvalue weighted by atomic mass is 16.5. The predicted molar refractivity (Wildman–Crippen MR) is 73.5 cm³/mol. The fourth-order valence-electron chi connectivity index (χ4n) is 2.66. The molecule has 18 heavy (non-hydrogen) atoms. The molecule has 0 saturated carbocycles. The summed E-state index contributed by atoms with van der Waals surface area (Å²) in [5.41, 5.74) is 2.61. The Morgan fingerprint density at radius 3 is 3.00 bits per heavy atom. The van der Waals surface area contributed by atoms with Gasteiger partial charge in [-0.25, -0.2) is 0 Å². The van der Waals surface area contributed by atoms with Gasteiger partial charge in [-0.15, -0.1) is 0 Å². The lowest BCUT2D eigenvalue weighted by atomic mass is 10.0. The molecule has 1 saturated heterocycles. The molecular formula is C15H20N2O. The van der Waals surface area contributed by atoms with E-state index in [0.29, 0.717) is 0 Å². The molecule has 0 unspecified atom stereocenters. The molecule has 2 heterocycles. The molecule has 0 amide bonds. The molecule has 1 aromatic heterocycles. The number of aromatic amines is 1. The van der Waals surface area contributed by atoms with Crippen molar-refractivity contribution < 1.29 is 4.74 Å². The Morgan fingerprint density at radius 2 is 2.11 bits per heavy atom. The maximum Gasteiger partial charge on any atom is 0.0499 e. The largest absolute Gasteiger partial charge is 0.381 e. The van der Waals surface area contributed by atoms with E-state index in [-0.39, 0.29) is 0 Å². The second-order valence-corrected chi connectivity index (χ2v) is 5.05. The molecule has 2 aromatic rings. The van der Waals surface area contributed by atoms with Crippen LogP contribution in [-0.4, -0.2) is 24.7 Å². The van der Waals surface area contributed by atoms with Crippen LogP contribution in [0.25, 0.3) is 10.9 Å². The predicted octanol–water partition coefficient (Wildman–Crippen LogP) is 2.68. The van der Waals surface area contributed by atoms with Crippen LogP contribution in [0.3, 0.4) is 0 Å². The van der Waals surface area contributed by atoms with E-state index in [4.69, 9.17) is 4.74 Å². The van der Waals surface area contributed by atoms with Gasteiger partial charge in [0.05, 0.1) is 0 Å². The molecule has 3 nitrogen and oxygen atoms in total. The molecular weight excluding hydrogens is 224 g/mol. The minimum Gasteiger partial charge on any atom is -0.381 e. The second kappa shape index (κ2) is 5.55. The summed E-state index contributed by atoms with van der Waals surface area (Å²) in [6.07, 6.45) is 4.39. The van der Waals surface area contributed by atoms with Gasteiger partial charge in [0.1, 0.15) is 0 Å². The summed E-state index contributed by atoms with van der Waals surface area (Å²) in [5.74, 6) is 0.779. The number of hydrogen-bond acceptors (Lipinski definition) is 2. The van der Waals surface area contributed by atoms with Gasteiger partial charge in [-0.1, -0.05) is 18.2 Å². The van der Waals surface area contributed by atoms with Gasteiger partial charge in [-0.05, 0) is 42.3 Å². The third kappa shape index (κ3) is 2.57. The summed E-state index contributed by atoms with van der Waals surface area (Å²) in [6.45, 7) is 3.90. The summed E-state index contributed by atoms with van der Waals surface area (Å²) in [4.78, 5) is 3.32. The van der Waals surface area contributed by atoms with Crippen LogP contribution in [0.2, 0.25) is 0 Å². The van der Waals surface area contributed by atoms with E-state index in [1.165, 1.54) is 29.3 Å². The van der Waals surface area contributed by atoms with E-state index < -0.39 is 0 Å². The third-order valence-corrected chi connectivity index (χ3v) is 3.76. The van der Waals surface area contributed by atoms with Gasteiger partial charge in [0.25, 0.3) is 0 Å². The van der Waals surface area contributed by atoms with Crippen LogP contribution < -0.4 is 5.32 Å². The van der Waals surface area contributed by atoms with Crippen LogP contribution in [0.5, 0.6) is 0 Å². The fraction of sp³-hybridized carbons (Fsp3) is 0.467. The van der Waals surface area contributed by atoms with Gasteiger partial charge in [0, 0.05) is 31.5 Å². The molecule has 96 valence electrons. The highest BCUT2D eigenvalue weighted by Crippen LogP contribution is 2.17. The average Bonchev–Trinajstić information content (AvgIpc) is 2.89. The summed E-state index contributed by atoms with van der Waals surface area (Å²) in [7, 11) is 0. The van der Waals surface area contributed by atoms with Crippen molar-refractivity contribution in [2.24, 2.45) is 5.92 Å². The molecule has 3 heteroatoms. The number of fused-ring (bicyclic) bond motifs is 1. The Hall–Kier alpha value is -1.32. The minimum absolute atomic E-state index is 0.779. The van der Waals surface area contributed by atoms with E-state index >= 15 is 0 Å². The molecule has 0 bridgehead atoms. The standard InChI is InChI=1S/C15H20N2O/c1-2-13-4-7-17-15(13)14(3-1)11-16-10-12-5-8-18-9-6-12/h1-4,7,12,16-17H,5-6,8-11H2. The maximum atomic E-state index is 5.38. The quantitative estimate of drug-likeness (QED) is 0.867. The van der Waals surface area contributed by atoms with Gasteiger partial charge >= 0.3 is 0 Å². The molecule has 0 spiro atoms. The van der Waals surface area contributed by atoms with Gasteiger partial charge in [-0.2, -0.15) is 0 Å². The van der Waals surface area contributed by atoms with E-state index in [1.807, 2.05) is 6.20 Å². The van der Waals surface area contributed by atoms with Crippen molar-refractivity contribution in [1.82, 2.24) is 10.3 Å². The fourth-order valence-corrected chi connectivity index (χ4v) is 2.66. The molecule has 0 atom stereocenters.